The summed E-state index contributed by atoms with van der Waals surface area (Å²) in [5, 5.41) is 11.0. The fraction of sp³-hybridized carbons (Fsp3) is 0.308. The summed E-state index contributed by atoms with van der Waals surface area (Å²) in [5.41, 5.74) is 1.10. The molecule has 0 fully saturated rings. The summed E-state index contributed by atoms with van der Waals surface area (Å²) in [6.45, 7) is 1.98. The lowest BCUT2D eigenvalue weighted by Gasteiger charge is -2.13. The number of hydrogen-bond donors (Lipinski definition) is 1. The Morgan fingerprint density at radius 3 is 2.65 bits per heavy atom. The quantitative estimate of drug-likeness (QED) is 0.826. The maximum atomic E-state index is 11.9. The SMILES string of the molecule is CSc1nnc(SCC(=O)N[C@H](C)c2ccccc2)s1. The van der Waals surface area contributed by atoms with Gasteiger partial charge in [-0.2, -0.15) is 0 Å². The Morgan fingerprint density at radius 2 is 2.00 bits per heavy atom. The maximum absolute atomic E-state index is 11.9. The highest BCUT2D eigenvalue weighted by molar-refractivity contribution is 8.03. The molecule has 0 aliphatic carbocycles. The van der Waals surface area contributed by atoms with Crippen LogP contribution in [-0.2, 0) is 4.79 Å². The highest BCUT2D eigenvalue weighted by Gasteiger charge is 2.11. The van der Waals surface area contributed by atoms with Gasteiger partial charge in [-0.25, -0.2) is 0 Å². The van der Waals surface area contributed by atoms with Crippen molar-refractivity contribution in [1.82, 2.24) is 15.5 Å². The molecule has 2 rings (SSSR count). The predicted octanol–water partition coefficient (Wildman–Crippen LogP) is 3.23. The van der Waals surface area contributed by atoms with Gasteiger partial charge in [0, 0.05) is 0 Å². The standard InChI is InChI=1S/C13H15N3OS3/c1-9(10-6-4-3-5-7-10)14-11(17)8-19-13-16-15-12(18-2)20-13/h3-7,9H,8H2,1-2H3,(H,14,17)/t9-/m1/s1. The first-order chi connectivity index (χ1) is 9.69. The van der Waals surface area contributed by atoms with Crippen LogP contribution < -0.4 is 5.32 Å². The summed E-state index contributed by atoms with van der Waals surface area (Å²) in [4.78, 5) is 11.9. The highest BCUT2D eigenvalue weighted by atomic mass is 32.2. The second kappa shape index (κ2) is 7.66. The van der Waals surface area contributed by atoms with Gasteiger partial charge in [0.15, 0.2) is 8.68 Å². The van der Waals surface area contributed by atoms with Gasteiger partial charge < -0.3 is 5.32 Å². The molecule has 20 heavy (non-hydrogen) atoms. The monoisotopic (exact) mass is 325 g/mol. The molecule has 0 unspecified atom stereocenters. The average molecular weight is 325 g/mol. The van der Waals surface area contributed by atoms with Crippen LogP contribution in [0.1, 0.15) is 18.5 Å². The number of rotatable bonds is 6. The van der Waals surface area contributed by atoms with Crippen LogP contribution in [0.3, 0.4) is 0 Å². The largest absolute Gasteiger partial charge is 0.349 e. The van der Waals surface area contributed by atoms with Crippen LogP contribution in [-0.4, -0.2) is 28.1 Å². The Hall–Kier alpha value is -1.05. The van der Waals surface area contributed by atoms with Crippen molar-refractivity contribution >= 4 is 40.8 Å². The molecule has 0 saturated heterocycles. The van der Waals surface area contributed by atoms with Crippen LogP contribution in [0.4, 0.5) is 0 Å². The highest BCUT2D eigenvalue weighted by Crippen LogP contribution is 2.27. The first-order valence-electron chi connectivity index (χ1n) is 6.03. The van der Waals surface area contributed by atoms with Crippen molar-refractivity contribution in [3.63, 3.8) is 0 Å². The number of carbonyl (C=O) groups excluding carboxylic acids is 1. The van der Waals surface area contributed by atoms with Crippen molar-refractivity contribution in [3.8, 4) is 0 Å². The minimum absolute atomic E-state index is 0.00672. The Labute approximate surface area is 130 Å². The third kappa shape index (κ3) is 4.50. The van der Waals surface area contributed by atoms with Gasteiger partial charge in [-0.15, -0.1) is 10.2 Å². The fourth-order valence-electron chi connectivity index (χ4n) is 1.57. The number of benzene rings is 1. The van der Waals surface area contributed by atoms with E-state index in [1.165, 1.54) is 23.1 Å². The zero-order valence-corrected chi connectivity index (χ0v) is 13.6. The number of aromatic nitrogens is 2. The Balaban J connectivity index is 1.80. The normalized spacial score (nSPS) is 12.1. The minimum Gasteiger partial charge on any atom is -0.349 e. The van der Waals surface area contributed by atoms with Crippen molar-refractivity contribution in [2.45, 2.75) is 21.6 Å². The van der Waals surface area contributed by atoms with Gasteiger partial charge in [0.2, 0.25) is 5.91 Å². The van der Waals surface area contributed by atoms with Gasteiger partial charge in [0.1, 0.15) is 0 Å². The molecule has 1 amide bonds. The van der Waals surface area contributed by atoms with Crippen LogP contribution in [0, 0.1) is 0 Å². The summed E-state index contributed by atoms with van der Waals surface area (Å²) in [6.07, 6.45) is 1.96. The number of hydrogen-bond acceptors (Lipinski definition) is 6. The van der Waals surface area contributed by atoms with E-state index in [-0.39, 0.29) is 11.9 Å². The lowest BCUT2D eigenvalue weighted by Crippen LogP contribution is -2.28. The van der Waals surface area contributed by atoms with E-state index in [0.29, 0.717) is 5.75 Å². The predicted molar refractivity (Wildman–Crippen MR) is 85.4 cm³/mol. The second-order valence-electron chi connectivity index (χ2n) is 4.03. The molecule has 1 N–H and O–H groups in total. The first kappa shape index (κ1) is 15.3. The van der Waals surface area contributed by atoms with Gasteiger partial charge in [0.25, 0.3) is 0 Å². The summed E-state index contributed by atoms with van der Waals surface area (Å²) in [7, 11) is 0. The molecule has 106 valence electrons. The van der Waals surface area contributed by atoms with Crippen LogP contribution >= 0.6 is 34.9 Å². The molecule has 1 aromatic heterocycles. The van der Waals surface area contributed by atoms with E-state index in [2.05, 4.69) is 15.5 Å². The molecular weight excluding hydrogens is 310 g/mol. The van der Waals surface area contributed by atoms with Gasteiger partial charge in [-0.1, -0.05) is 65.2 Å². The van der Waals surface area contributed by atoms with Crippen molar-refractivity contribution in [2.75, 3.05) is 12.0 Å². The van der Waals surface area contributed by atoms with Crippen molar-refractivity contribution < 1.29 is 4.79 Å². The molecule has 1 heterocycles. The van der Waals surface area contributed by atoms with Crippen LogP contribution in [0.5, 0.6) is 0 Å². The molecular formula is C13H15N3OS3. The topological polar surface area (TPSA) is 54.9 Å². The number of nitrogens with one attached hydrogen (secondary N) is 1. The third-order valence-corrected chi connectivity index (χ3v) is 5.60. The Kier molecular flexibility index (Phi) is 5.87. The molecule has 2 aromatic rings. The van der Waals surface area contributed by atoms with Crippen LogP contribution in [0.2, 0.25) is 0 Å². The first-order valence-corrected chi connectivity index (χ1v) is 9.06. The average Bonchev–Trinajstić information content (AvgIpc) is 2.94. The van der Waals surface area contributed by atoms with Crippen LogP contribution in [0.15, 0.2) is 39.0 Å². The second-order valence-corrected chi connectivity index (χ2v) is 7.28. The number of nitrogens with zero attached hydrogens (tertiary/aromatic N) is 2. The summed E-state index contributed by atoms with van der Waals surface area (Å²) >= 11 is 4.50. The smallest absolute Gasteiger partial charge is 0.230 e. The number of thioether (sulfide) groups is 2. The fourth-order valence-corrected chi connectivity index (χ4v) is 3.82. The molecule has 0 saturated carbocycles. The minimum atomic E-state index is 0.00672. The molecule has 4 nitrogen and oxygen atoms in total. The number of amides is 1. The molecule has 0 bridgehead atoms. The summed E-state index contributed by atoms with van der Waals surface area (Å²) in [5.74, 6) is 0.368. The summed E-state index contributed by atoms with van der Waals surface area (Å²) in [6, 6.07) is 9.93. The van der Waals surface area contributed by atoms with E-state index in [4.69, 9.17) is 0 Å². The van der Waals surface area contributed by atoms with Crippen molar-refractivity contribution in [1.29, 1.82) is 0 Å². The van der Waals surface area contributed by atoms with E-state index < -0.39 is 0 Å². The van der Waals surface area contributed by atoms with E-state index >= 15 is 0 Å². The number of carbonyl (C=O) groups is 1. The molecule has 1 aromatic carbocycles. The van der Waals surface area contributed by atoms with Gasteiger partial charge in [-0.3, -0.25) is 4.79 Å². The Morgan fingerprint density at radius 1 is 1.30 bits per heavy atom. The van der Waals surface area contributed by atoms with Gasteiger partial charge in [0.05, 0.1) is 11.8 Å². The maximum Gasteiger partial charge on any atom is 0.230 e. The Bertz CT molecular complexity index is 559. The molecule has 0 aliphatic heterocycles. The molecule has 0 spiro atoms. The van der Waals surface area contributed by atoms with E-state index in [0.717, 1.165) is 14.2 Å². The van der Waals surface area contributed by atoms with E-state index in [1.807, 2.05) is 43.5 Å². The lowest BCUT2D eigenvalue weighted by atomic mass is 10.1. The zero-order chi connectivity index (χ0) is 14.4. The van der Waals surface area contributed by atoms with E-state index in [1.54, 1.807) is 11.8 Å². The summed E-state index contributed by atoms with van der Waals surface area (Å²) < 4.78 is 1.75. The van der Waals surface area contributed by atoms with Crippen molar-refractivity contribution in [2.24, 2.45) is 0 Å². The molecule has 0 radical (unpaired) electrons. The lowest BCUT2D eigenvalue weighted by molar-refractivity contribution is -0.119. The van der Waals surface area contributed by atoms with Crippen LogP contribution in [0.25, 0.3) is 0 Å². The van der Waals surface area contributed by atoms with Gasteiger partial charge in [-0.05, 0) is 18.7 Å². The third-order valence-electron chi connectivity index (χ3n) is 2.57. The molecule has 7 heteroatoms. The van der Waals surface area contributed by atoms with E-state index in [9.17, 15) is 4.79 Å². The molecule has 1 atom stereocenters. The van der Waals surface area contributed by atoms with Gasteiger partial charge >= 0.3 is 0 Å². The molecule has 0 aliphatic rings. The van der Waals surface area contributed by atoms with Crippen molar-refractivity contribution in [3.05, 3.63) is 35.9 Å². The zero-order valence-electron chi connectivity index (χ0n) is 11.2.